The molecule has 1 aliphatic carbocycles. The number of fused-ring (bicyclic) bond motifs is 6. The van der Waals surface area contributed by atoms with Crippen molar-refractivity contribution in [2.45, 2.75) is 93.4 Å². The van der Waals surface area contributed by atoms with Crippen LogP contribution in [0.4, 0.5) is 14.5 Å². The summed E-state index contributed by atoms with van der Waals surface area (Å²) in [5, 5.41) is 16.1. The predicted octanol–water partition coefficient (Wildman–Crippen LogP) is 6.66. The van der Waals surface area contributed by atoms with Crippen molar-refractivity contribution in [1.82, 2.24) is 14.8 Å². The molecule has 1 saturated carbocycles. The van der Waals surface area contributed by atoms with Gasteiger partial charge in [0.15, 0.2) is 12.4 Å². The van der Waals surface area contributed by atoms with E-state index in [1.54, 1.807) is 0 Å². The quantitative estimate of drug-likeness (QED) is 0.0800. The van der Waals surface area contributed by atoms with E-state index in [9.17, 15) is 19.5 Å². The SMILES string of the molecule is CC[C@@]12C=CCN3CCC4(c5cc([C@@]6(C(=O)OC)CC7CC(C(C)(F)F)CN(CCc8c6[nH]c6ccc(-c9ccsc9C=O)cc86)C7)c(OC)cc5N(C)C4[C@](O)(C(=O)OC)[C@H]1OC(C)=O)C32. The van der Waals surface area contributed by atoms with Gasteiger partial charge in [-0.1, -0.05) is 25.1 Å². The van der Waals surface area contributed by atoms with Crippen LogP contribution in [-0.4, -0.2) is 135 Å². The molecule has 10 atom stereocenters. The third-order valence-corrected chi connectivity index (χ3v) is 17.6. The number of hydrogen-bond acceptors (Lipinski definition) is 13. The summed E-state index contributed by atoms with van der Waals surface area (Å²) in [5.41, 5.74) is -0.503. The fourth-order valence-electron chi connectivity index (χ4n) is 14.3. The number of thiophene rings is 1. The number of nitrogens with one attached hydrogen (secondary N) is 1. The number of methoxy groups -OCH3 is 3. The Morgan fingerprint density at radius 2 is 1.81 bits per heavy atom. The number of alkyl halides is 2. The first kappa shape index (κ1) is 45.6. The van der Waals surface area contributed by atoms with Gasteiger partial charge in [-0.3, -0.25) is 19.3 Å². The number of carbonyl (C=O) groups is 4. The van der Waals surface area contributed by atoms with Crippen molar-refractivity contribution in [2.24, 2.45) is 17.3 Å². The van der Waals surface area contributed by atoms with Gasteiger partial charge < -0.3 is 38.8 Å². The second-order valence-electron chi connectivity index (χ2n) is 19.9. The van der Waals surface area contributed by atoms with Crippen molar-refractivity contribution < 1.29 is 52.0 Å². The lowest BCUT2D eigenvalue weighted by atomic mass is 9.47. The Morgan fingerprint density at radius 3 is 2.49 bits per heavy atom. The normalized spacial score (nSPS) is 33.1. The van der Waals surface area contributed by atoms with Gasteiger partial charge in [-0.05, 0) is 97.8 Å². The number of nitrogens with zero attached hydrogens (tertiary/aromatic N) is 3. The van der Waals surface area contributed by atoms with Gasteiger partial charge >= 0.3 is 17.9 Å². The summed E-state index contributed by atoms with van der Waals surface area (Å²) in [6.45, 7) is 6.53. The van der Waals surface area contributed by atoms with Crippen LogP contribution in [0.5, 0.6) is 5.75 Å². The summed E-state index contributed by atoms with van der Waals surface area (Å²) in [6.07, 6.45) is 5.08. The maximum absolute atomic E-state index is 15.6. The number of esters is 3. The van der Waals surface area contributed by atoms with E-state index in [4.69, 9.17) is 18.9 Å². The molecular formula is C51H58F2N4O9S. The number of aliphatic hydroxyl groups is 1. The van der Waals surface area contributed by atoms with Crippen LogP contribution < -0.4 is 9.64 Å². The van der Waals surface area contributed by atoms with Crippen LogP contribution in [0.1, 0.15) is 78.5 Å². The molecule has 10 rings (SSSR count). The molecule has 5 aliphatic heterocycles. The number of carbonyl (C=O) groups excluding carboxylic acids is 4. The van der Waals surface area contributed by atoms with Gasteiger partial charge in [-0.25, -0.2) is 13.6 Å². The number of H-pyrrole nitrogens is 1. The maximum Gasteiger partial charge on any atom is 0.344 e. The fourth-order valence-corrected chi connectivity index (χ4v) is 15.0. The van der Waals surface area contributed by atoms with Crippen LogP contribution >= 0.6 is 11.3 Å². The predicted molar refractivity (Wildman–Crippen MR) is 248 cm³/mol. The largest absolute Gasteiger partial charge is 0.496 e. The lowest BCUT2D eigenvalue weighted by Crippen LogP contribution is -2.81. The minimum atomic E-state index is -2.98. The average molecular weight is 941 g/mol. The molecule has 1 spiro atoms. The number of aromatic nitrogens is 1. The van der Waals surface area contributed by atoms with Crippen molar-refractivity contribution >= 4 is 52.1 Å². The van der Waals surface area contributed by atoms with Gasteiger partial charge in [0, 0.05) is 102 Å². The monoisotopic (exact) mass is 940 g/mol. The molecule has 356 valence electrons. The lowest BCUT2D eigenvalue weighted by molar-refractivity contribution is -0.228. The zero-order valence-corrected chi connectivity index (χ0v) is 39.8. The van der Waals surface area contributed by atoms with E-state index in [0.717, 1.165) is 46.4 Å². The molecule has 3 fully saturated rings. The summed E-state index contributed by atoms with van der Waals surface area (Å²) < 4.78 is 55.1. The first-order chi connectivity index (χ1) is 32.0. The van der Waals surface area contributed by atoms with E-state index in [-0.39, 0.29) is 19.4 Å². The van der Waals surface area contributed by atoms with E-state index in [1.807, 2.05) is 72.8 Å². The molecule has 67 heavy (non-hydrogen) atoms. The third-order valence-electron chi connectivity index (χ3n) is 16.8. The summed E-state index contributed by atoms with van der Waals surface area (Å²) in [4.78, 5) is 65.9. The molecule has 2 aromatic carbocycles. The van der Waals surface area contributed by atoms with Crippen LogP contribution in [0, 0.1) is 17.3 Å². The number of anilines is 1. The van der Waals surface area contributed by atoms with E-state index in [2.05, 4.69) is 14.8 Å². The number of piperidine rings is 1. The molecule has 7 heterocycles. The molecule has 2 saturated heterocycles. The van der Waals surface area contributed by atoms with Crippen molar-refractivity contribution in [3.05, 3.63) is 81.2 Å². The summed E-state index contributed by atoms with van der Waals surface area (Å²) >= 11 is 1.35. The Labute approximate surface area is 392 Å². The highest BCUT2D eigenvalue weighted by Crippen LogP contribution is 2.68. The molecule has 13 nitrogen and oxygen atoms in total. The van der Waals surface area contributed by atoms with Crippen LogP contribution in [0.15, 0.2) is 53.9 Å². The number of aldehydes is 1. The zero-order valence-electron chi connectivity index (χ0n) is 39.0. The Balaban J connectivity index is 1.28. The number of likely N-dealkylation sites (N-methyl/N-ethyl adjacent to an activating group) is 1. The van der Waals surface area contributed by atoms with E-state index in [1.165, 1.54) is 39.6 Å². The first-order valence-electron chi connectivity index (χ1n) is 23.2. The highest BCUT2D eigenvalue weighted by atomic mass is 32.1. The van der Waals surface area contributed by atoms with Gasteiger partial charge in [0.05, 0.1) is 32.2 Å². The van der Waals surface area contributed by atoms with E-state index >= 15 is 13.6 Å². The maximum atomic E-state index is 15.6. The minimum absolute atomic E-state index is 0.0917. The topological polar surface area (TPSA) is 151 Å². The number of aromatic amines is 1. The first-order valence-corrected chi connectivity index (χ1v) is 24.1. The number of halogens is 2. The standard InChI is InChI=1S/C51H58F2N4O9S/c1-8-48-14-9-16-57-18-15-49(42(48)57)35-22-36(39(63-5)23-38(35)55(4)43(49)51(62,46(61)65-7)44(48)66-28(2)59)50(45(60)64-6)24-29-20-31(47(3,52)53)26-56(25-29)17-12-33-34-21-30(10-11-37(34)54-41(33)50)32-13-19-67-40(32)27-58/h9-11,13-14,19,21-23,27,29,31,42-44,54,62H,8,12,15-18,20,24-26H2,1-7H3/t29?,31?,42?,43?,44-,48-,49?,50-,51+/m0/s1. The second kappa shape index (κ2) is 16.0. The Bertz CT molecular complexity index is 2730. The Morgan fingerprint density at radius 1 is 1.03 bits per heavy atom. The molecule has 4 aromatic rings. The van der Waals surface area contributed by atoms with Crippen LogP contribution in [0.2, 0.25) is 0 Å². The molecule has 2 N–H and O–H groups in total. The molecule has 2 aromatic heterocycles. The van der Waals surface area contributed by atoms with Gasteiger partial charge in [0.1, 0.15) is 11.2 Å². The molecular weight excluding hydrogens is 883 g/mol. The molecule has 16 heteroatoms. The molecule has 6 aliphatic rings. The zero-order chi connectivity index (χ0) is 47.6. The summed E-state index contributed by atoms with van der Waals surface area (Å²) in [7, 11) is 5.90. The van der Waals surface area contributed by atoms with Crippen molar-refractivity contribution in [3.8, 4) is 16.9 Å². The third kappa shape index (κ3) is 6.23. The highest BCUT2D eigenvalue weighted by molar-refractivity contribution is 7.12. The summed E-state index contributed by atoms with van der Waals surface area (Å²) in [6, 6.07) is 10.3. The fraction of sp³-hybridized carbons (Fsp3) is 0.529. The Kier molecular flexibility index (Phi) is 10.9. The van der Waals surface area contributed by atoms with E-state index < -0.39 is 75.7 Å². The molecule has 2 bridgehead atoms. The molecule has 6 unspecified atom stereocenters. The van der Waals surface area contributed by atoms with Crippen molar-refractivity contribution in [1.29, 1.82) is 0 Å². The van der Waals surface area contributed by atoms with Crippen molar-refractivity contribution in [2.75, 3.05) is 66.0 Å². The smallest absolute Gasteiger partial charge is 0.344 e. The van der Waals surface area contributed by atoms with Crippen LogP contribution in [0.3, 0.4) is 0 Å². The number of ether oxygens (including phenoxy) is 4. The highest BCUT2D eigenvalue weighted by Gasteiger charge is 2.80. The molecule has 0 radical (unpaired) electrons. The number of rotatable bonds is 9. The minimum Gasteiger partial charge on any atom is -0.496 e. The average Bonchev–Trinajstić information content (AvgIpc) is 4.10. The Hall–Kier alpha value is -5.16. The van der Waals surface area contributed by atoms with E-state index in [0.29, 0.717) is 73.0 Å². The van der Waals surface area contributed by atoms with Crippen molar-refractivity contribution in [3.63, 3.8) is 0 Å². The lowest BCUT2D eigenvalue weighted by Gasteiger charge is -2.63. The molecule has 0 amide bonds. The van der Waals surface area contributed by atoms with Gasteiger partial charge in [-0.2, -0.15) is 0 Å². The second-order valence-corrected chi connectivity index (χ2v) is 20.8. The summed E-state index contributed by atoms with van der Waals surface area (Å²) in [5.74, 6) is -6.20. The van der Waals surface area contributed by atoms with Crippen LogP contribution in [0.25, 0.3) is 22.0 Å². The van der Waals surface area contributed by atoms with Gasteiger partial charge in [0.2, 0.25) is 11.5 Å². The number of hydrogen-bond donors (Lipinski definition) is 2. The number of benzene rings is 2. The van der Waals surface area contributed by atoms with Crippen LogP contribution in [-0.2, 0) is 45.8 Å². The van der Waals surface area contributed by atoms with Gasteiger partial charge in [0.25, 0.3) is 0 Å². The van der Waals surface area contributed by atoms with Gasteiger partial charge in [-0.15, -0.1) is 11.3 Å².